The Labute approximate surface area is 105 Å². The van der Waals surface area contributed by atoms with Crippen LogP contribution in [0.4, 0.5) is 0 Å². The Morgan fingerprint density at radius 2 is 2.00 bits per heavy atom. The van der Waals surface area contributed by atoms with Crippen LogP contribution in [0.1, 0.15) is 32.6 Å². The van der Waals surface area contributed by atoms with Crippen LogP contribution in [0.3, 0.4) is 0 Å². The molecule has 100 valence electrons. The Morgan fingerprint density at radius 1 is 1.29 bits per heavy atom. The smallest absolute Gasteiger partial charge is 0.0450 e. The van der Waals surface area contributed by atoms with E-state index >= 15 is 0 Å². The van der Waals surface area contributed by atoms with Gasteiger partial charge in [0.25, 0.3) is 0 Å². The molecule has 1 saturated heterocycles. The summed E-state index contributed by atoms with van der Waals surface area (Å²) in [5.41, 5.74) is 9.97. The number of nitrogens with zero attached hydrogens (tertiary/aromatic N) is 2. The lowest BCUT2D eigenvalue weighted by molar-refractivity contribution is 0.0307. The predicted molar refractivity (Wildman–Crippen MR) is 71.6 cm³/mol. The minimum absolute atomic E-state index is 0.174. The van der Waals surface area contributed by atoms with E-state index in [-0.39, 0.29) is 5.54 Å². The third-order valence-corrected chi connectivity index (χ3v) is 4.38. The fourth-order valence-electron chi connectivity index (χ4n) is 3.25. The summed E-state index contributed by atoms with van der Waals surface area (Å²) in [6.45, 7) is 7.67. The maximum atomic E-state index is 6.05. The summed E-state index contributed by atoms with van der Waals surface area (Å²) >= 11 is 0. The second-order valence-electron chi connectivity index (χ2n) is 6.09. The molecule has 1 aliphatic heterocycles. The zero-order valence-corrected chi connectivity index (χ0v) is 11.4. The molecule has 17 heavy (non-hydrogen) atoms. The number of hydrogen-bond donors (Lipinski definition) is 2. The number of nitrogens with two attached hydrogens (primary N) is 1. The molecule has 2 atom stereocenters. The zero-order valence-electron chi connectivity index (χ0n) is 11.4. The summed E-state index contributed by atoms with van der Waals surface area (Å²) in [5.74, 6) is 0.812. The quantitative estimate of drug-likeness (QED) is 0.760. The fourth-order valence-corrected chi connectivity index (χ4v) is 3.25. The highest BCUT2D eigenvalue weighted by Gasteiger charge is 2.35. The van der Waals surface area contributed by atoms with E-state index in [9.17, 15) is 0 Å². The molecule has 0 aromatic heterocycles. The lowest BCUT2D eigenvalue weighted by atomic mass is 9.77. The van der Waals surface area contributed by atoms with Gasteiger partial charge in [0.15, 0.2) is 0 Å². The van der Waals surface area contributed by atoms with Crippen LogP contribution in [0.15, 0.2) is 0 Å². The molecule has 1 saturated carbocycles. The van der Waals surface area contributed by atoms with Gasteiger partial charge >= 0.3 is 0 Å². The molecular formula is C13H28N4. The largest absolute Gasteiger partial charge is 0.329 e. The second kappa shape index (κ2) is 5.65. The Morgan fingerprint density at radius 3 is 2.59 bits per heavy atom. The number of nitrogens with one attached hydrogen (secondary N) is 1. The first-order valence-corrected chi connectivity index (χ1v) is 7.05. The molecule has 4 heteroatoms. The van der Waals surface area contributed by atoms with Gasteiger partial charge in [-0.3, -0.25) is 0 Å². The SMILES string of the molecule is CC1CCCC(CN)(NN2CCN(C)CC2)C1. The first-order chi connectivity index (χ1) is 8.13. The average Bonchev–Trinajstić information content (AvgIpc) is 2.32. The van der Waals surface area contributed by atoms with Gasteiger partial charge in [-0.1, -0.05) is 19.8 Å². The molecule has 2 fully saturated rings. The average molecular weight is 240 g/mol. The van der Waals surface area contributed by atoms with E-state index in [1.165, 1.54) is 25.7 Å². The van der Waals surface area contributed by atoms with Gasteiger partial charge in [0, 0.05) is 38.3 Å². The minimum atomic E-state index is 0.174. The van der Waals surface area contributed by atoms with E-state index in [0.29, 0.717) is 0 Å². The van der Waals surface area contributed by atoms with Gasteiger partial charge < -0.3 is 10.6 Å². The van der Waals surface area contributed by atoms with Crippen molar-refractivity contribution in [2.45, 2.75) is 38.1 Å². The number of hydrazine groups is 1. The highest BCUT2D eigenvalue weighted by atomic mass is 15.5. The van der Waals surface area contributed by atoms with Crippen LogP contribution in [0.2, 0.25) is 0 Å². The Kier molecular flexibility index (Phi) is 4.42. The topological polar surface area (TPSA) is 44.5 Å². The molecule has 0 radical (unpaired) electrons. The van der Waals surface area contributed by atoms with Gasteiger partial charge in [0.05, 0.1) is 0 Å². The van der Waals surface area contributed by atoms with E-state index in [4.69, 9.17) is 5.73 Å². The van der Waals surface area contributed by atoms with E-state index in [1.807, 2.05) is 0 Å². The van der Waals surface area contributed by atoms with Gasteiger partial charge in [-0.05, 0) is 25.8 Å². The Balaban J connectivity index is 1.90. The molecule has 2 rings (SSSR count). The number of rotatable bonds is 3. The van der Waals surface area contributed by atoms with Gasteiger partial charge in [-0.25, -0.2) is 10.4 Å². The maximum absolute atomic E-state index is 6.05. The van der Waals surface area contributed by atoms with Crippen LogP contribution in [-0.4, -0.2) is 55.2 Å². The lowest BCUT2D eigenvalue weighted by Crippen LogP contribution is -2.63. The van der Waals surface area contributed by atoms with Crippen LogP contribution in [0, 0.1) is 5.92 Å². The molecule has 0 bridgehead atoms. The summed E-state index contributed by atoms with van der Waals surface area (Å²) in [4.78, 5) is 2.39. The molecule has 4 nitrogen and oxygen atoms in total. The molecule has 0 aromatic rings. The van der Waals surface area contributed by atoms with Crippen molar-refractivity contribution >= 4 is 0 Å². The third-order valence-electron chi connectivity index (χ3n) is 4.38. The van der Waals surface area contributed by atoms with Gasteiger partial charge in [0.1, 0.15) is 0 Å². The highest BCUT2D eigenvalue weighted by Crippen LogP contribution is 2.31. The van der Waals surface area contributed by atoms with Crippen molar-refractivity contribution in [2.24, 2.45) is 11.7 Å². The van der Waals surface area contributed by atoms with Crippen molar-refractivity contribution in [3.8, 4) is 0 Å². The van der Waals surface area contributed by atoms with Gasteiger partial charge in [-0.15, -0.1) is 0 Å². The highest BCUT2D eigenvalue weighted by molar-refractivity contribution is 4.93. The Hall–Kier alpha value is -0.160. The standard InChI is InChI=1S/C13H28N4/c1-12-4-3-5-13(10-12,11-14)15-17-8-6-16(2)7-9-17/h12,15H,3-11,14H2,1-2H3. The van der Waals surface area contributed by atoms with Crippen molar-refractivity contribution < 1.29 is 0 Å². The second-order valence-corrected chi connectivity index (χ2v) is 6.09. The first kappa shape index (κ1) is 13.3. The zero-order chi connectivity index (χ0) is 12.3. The Bertz CT molecular complexity index is 238. The van der Waals surface area contributed by atoms with Crippen LogP contribution >= 0.6 is 0 Å². The summed E-state index contributed by atoms with van der Waals surface area (Å²) in [5, 5.41) is 2.39. The van der Waals surface area contributed by atoms with Crippen LogP contribution < -0.4 is 11.2 Å². The number of likely N-dealkylation sites (N-methyl/N-ethyl adjacent to an activating group) is 1. The van der Waals surface area contributed by atoms with Crippen LogP contribution in [-0.2, 0) is 0 Å². The number of piperazine rings is 1. The van der Waals surface area contributed by atoms with Crippen LogP contribution in [0.25, 0.3) is 0 Å². The normalized spacial score (nSPS) is 37.2. The third kappa shape index (κ3) is 3.41. The number of hydrogen-bond acceptors (Lipinski definition) is 4. The van der Waals surface area contributed by atoms with Gasteiger partial charge in [0.2, 0.25) is 0 Å². The summed E-state index contributed by atoms with van der Waals surface area (Å²) in [6.07, 6.45) is 5.15. The molecular weight excluding hydrogens is 212 g/mol. The molecule has 0 amide bonds. The lowest BCUT2D eigenvalue weighted by Gasteiger charge is -2.45. The van der Waals surface area contributed by atoms with E-state index in [0.717, 1.165) is 38.6 Å². The minimum Gasteiger partial charge on any atom is -0.329 e. The fraction of sp³-hybridized carbons (Fsp3) is 1.00. The van der Waals surface area contributed by atoms with Crippen molar-refractivity contribution in [3.05, 3.63) is 0 Å². The molecule has 2 unspecified atom stereocenters. The maximum Gasteiger partial charge on any atom is 0.0450 e. The van der Waals surface area contributed by atoms with Crippen molar-refractivity contribution in [2.75, 3.05) is 39.8 Å². The molecule has 3 N–H and O–H groups in total. The summed E-state index contributed by atoms with van der Waals surface area (Å²) in [6, 6.07) is 0. The van der Waals surface area contributed by atoms with Crippen molar-refractivity contribution in [1.29, 1.82) is 0 Å². The van der Waals surface area contributed by atoms with E-state index in [1.54, 1.807) is 0 Å². The molecule has 0 aromatic carbocycles. The molecule has 1 heterocycles. The summed E-state index contributed by atoms with van der Waals surface area (Å²) < 4.78 is 0. The van der Waals surface area contributed by atoms with Gasteiger partial charge in [-0.2, -0.15) is 0 Å². The van der Waals surface area contributed by atoms with Crippen molar-refractivity contribution in [3.63, 3.8) is 0 Å². The van der Waals surface area contributed by atoms with Crippen LogP contribution in [0.5, 0.6) is 0 Å². The van der Waals surface area contributed by atoms with E-state index < -0.39 is 0 Å². The first-order valence-electron chi connectivity index (χ1n) is 7.05. The predicted octanol–water partition coefficient (Wildman–Crippen LogP) is 0.646. The summed E-state index contributed by atoms with van der Waals surface area (Å²) in [7, 11) is 2.19. The monoisotopic (exact) mass is 240 g/mol. The molecule has 1 aliphatic carbocycles. The molecule has 2 aliphatic rings. The molecule has 0 spiro atoms. The van der Waals surface area contributed by atoms with E-state index in [2.05, 4.69) is 29.3 Å². The van der Waals surface area contributed by atoms with Crippen molar-refractivity contribution in [1.82, 2.24) is 15.3 Å².